The Hall–Kier alpha value is -2.16. The molecule has 2 heterocycles. The minimum Gasteiger partial charge on any atom is -0.480 e. The number of carboxylic acid groups (broad SMARTS) is 1. The van der Waals surface area contributed by atoms with E-state index in [0.717, 1.165) is 4.90 Å². The highest BCUT2D eigenvalue weighted by atomic mass is 16.6. The number of nitrogens with zero attached hydrogens (tertiary/aromatic N) is 3. The Balaban J connectivity index is 2.25. The van der Waals surface area contributed by atoms with Gasteiger partial charge in [0.25, 0.3) is 5.91 Å². The SMILES string of the molecule is Nc1nonc1C(=O)N1C[C@H](O)C[C@@H]1C(=O)O. The van der Waals surface area contributed by atoms with Crippen LogP contribution in [0.5, 0.6) is 0 Å². The van der Waals surface area contributed by atoms with E-state index in [1.54, 1.807) is 0 Å². The molecular formula is C8H10N4O5. The van der Waals surface area contributed by atoms with Crippen molar-refractivity contribution in [1.29, 1.82) is 0 Å². The Kier molecular flexibility index (Phi) is 2.68. The summed E-state index contributed by atoms with van der Waals surface area (Å²) in [5, 5.41) is 24.8. The van der Waals surface area contributed by atoms with Crippen LogP contribution in [0.1, 0.15) is 16.9 Å². The molecule has 1 aromatic rings. The van der Waals surface area contributed by atoms with Crippen molar-refractivity contribution in [2.45, 2.75) is 18.6 Å². The molecule has 0 aromatic carbocycles. The number of aliphatic hydroxyl groups is 1. The molecule has 2 atom stereocenters. The fraction of sp³-hybridized carbons (Fsp3) is 0.500. The molecule has 0 bridgehead atoms. The number of aliphatic hydroxyl groups excluding tert-OH is 1. The number of nitrogens with two attached hydrogens (primary N) is 1. The average Bonchev–Trinajstić information content (AvgIpc) is 2.83. The number of carbonyl (C=O) groups is 2. The molecule has 0 aliphatic carbocycles. The molecule has 4 N–H and O–H groups in total. The van der Waals surface area contributed by atoms with E-state index in [4.69, 9.17) is 10.8 Å². The van der Waals surface area contributed by atoms with E-state index in [9.17, 15) is 14.7 Å². The van der Waals surface area contributed by atoms with Crippen molar-refractivity contribution in [2.75, 3.05) is 12.3 Å². The van der Waals surface area contributed by atoms with Gasteiger partial charge < -0.3 is 20.8 Å². The number of hydrogen-bond donors (Lipinski definition) is 3. The number of rotatable bonds is 2. The lowest BCUT2D eigenvalue weighted by atomic mass is 10.2. The van der Waals surface area contributed by atoms with E-state index >= 15 is 0 Å². The van der Waals surface area contributed by atoms with Gasteiger partial charge in [-0.3, -0.25) is 4.79 Å². The van der Waals surface area contributed by atoms with Crippen molar-refractivity contribution in [3.63, 3.8) is 0 Å². The first-order valence-electron chi connectivity index (χ1n) is 4.80. The lowest BCUT2D eigenvalue weighted by molar-refractivity contribution is -0.141. The van der Waals surface area contributed by atoms with Gasteiger partial charge in [0, 0.05) is 13.0 Å². The lowest BCUT2D eigenvalue weighted by Gasteiger charge is -2.19. The van der Waals surface area contributed by atoms with Crippen molar-refractivity contribution in [1.82, 2.24) is 15.2 Å². The highest BCUT2D eigenvalue weighted by molar-refractivity contribution is 5.98. The Bertz CT molecular complexity index is 459. The summed E-state index contributed by atoms with van der Waals surface area (Å²) in [6.07, 6.45) is -0.896. The van der Waals surface area contributed by atoms with Crippen molar-refractivity contribution < 1.29 is 24.4 Å². The monoisotopic (exact) mass is 242 g/mol. The quantitative estimate of drug-likeness (QED) is 0.557. The van der Waals surface area contributed by atoms with Crippen LogP contribution in [0.2, 0.25) is 0 Å². The van der Waals surface area contributed by atoms with Gasteiger partial charge in [-0.15, -0.1) is 0 Å². The Morgan fingerprint density at radius 2 is 2.18 bits per heavy atom. The Labute approximate surface area is 94.8 Å². The molecule has 1 aromatic heterocycles. The first kappa shape index (κ1) is 11.3. The van der Waals surface area contributed by atoms with Gasteiger partial charge in [-0.2, -0.15) is 0 Å². The number of likely N-dealkylation sites (tertiary alicyclic amines) is 1. The second-order valence-electron chi connectivity index (χ2n) is 3.70. The van der Waals surface area contributed by atoms with Crippen molar-refractivity contribution in [2.24, 2.45) is 0 Å². The third-order valence-corrected chi connectivity index (χ3v) is 2.54. The summed E-state index contributed by atoms with van der Waals surface area (Å²) in [5.41, 5.74) is 5.10. The van der Waals surface area contributed by atoms with Crippen LogP contribution in [0, 0.1) is 0 Å². The molecule has 17 heavy (non-hydrogen) atoms. The third kappa shape index (κ3) is 1.91. The summed E-state index contributed by atoms with van der Waals surface area (Å²) in [6.45, 7) is -0.0812. The maximum Gasteiger partial charge on any atom is 0.326 e. The predicted octanol–water partition coefficient (Wildman–Crippen LogP) is -1.69. The molecule has 1 aliphatic heterocycles. The number of aromatic nitrogens is 2. The van der Waals surface area contributed by atoms with Crippen molar-refractivity contribution >= 4 is 17.7 Å². The standard InChI is InChI=1S/C8H10N4O5/c9-6-5(10-17-11-6)7(14)12-2-3(13)1-4(12)8(15)16/h3-4,13H,1-2H2,(H2,9,11)(H,15,16)/t3-,4-/m1/s1. The van der Waals surface area contributed by atoms with Crippen molar-refractivity contribution in [3.05, 3.63) is 5.69 Å². The first-order chi connectivity index (χ1) is 8.00. The fourth-order valence-corrected chi connectivity index (χ4v) is 1.75. The van der Waals surface area contributed by atoms with Gasteiger partial charge in [0.15, 0.2) is 0 Å². The van der Waals surface area contributed by atoms with E-state index in [1.807, 2.05) is 0 Å². The van der Waals surface area contributed by atoms with E-state index < -0.39 is 24.0 Å². The van der Waals surface area contributed by atoms with E-state index in [1.165, 1.54) is 0 Å². The van der Waals surface area contributed by atoms with Gasteiger partial charge in [0.2, 0.25) is 11.5 Å². The molecule has 92 valence electrons. The van der Waals surface area contributed by atoms with Gasteiger partial charge in [-0.05, 0) is 10.3 Å². The second kappa shape index (κ2) is 4.01. The highest BCUT2D eigenvalue weighted by Gasteiger charge is 2.40. The van der Waals surface area contributed by atoms with Crippen LogP contribution < -0.4 is 5.73 Å². The van der Waals surface area contributed by atoms with Crippen LogP contribution in [0.25, 0.3) is 0 Å². The minimum atomic E-state index is -1.19. The van der Waals surface area contributed by atoms with E-state index in [0.29, 0.717) is 0 Å². The van der Waals surface area contributed by atoms with Gasteiger partial charge >= 0.3 is 5.97 Å². The smallest absolute Gasteiger partial charge is 0.326 e. The van der Waals surface area contributed by atoms with Crippen LogP contribution in [0.4, 0.5) is 5.82 Å². The molecule has 0 saturated carbocycles. The average molecular weight is 242 g/mol. The fourth-order valence-electron chi connectivity index (χ4n) is 1.75. The summed E-state index contributed by atoms with van der Waals surface area (Å²) in [7, 11) is 0. The number of aliphatic carboxylic acids is 1. The summed E-state index contributed by atoms with van der Waals surface area (Å²) in [4.78, 5) is 23.8. The van der Waals surface area contributed by atoms with Gasteiger partial charge in [-0.1, -0.05) is 0 Å². The zero-order valence-electron chi connectivity index (χ0n) is 8.61. The minimum absolute atomic E-state index is 0.0216. The van der Waals surface area contributed by atoms with E-state index in [2.05, 4.69) is 14.9 Å². The molecule has 1 fully saturated rings. The second-order valence-corrected chi connectivity index (χ2v) is 3.70. The molecular weight excluding hydrogens is 232 g/mol. The van der Waals surface area contributed by atoms with Crippen LogP contribution in [0.3, 0.4) is 0 Å². The normalized spacial score (nSPS) is 23.9. The predicted molar refractivity (Wildman–Crippen MR) is 51.8 cm³/mol. The van der Waals surface area contributed by atoms with Gasteiger partial charge in [-0.25, -0.2) is 9.42 Å². The number of hydrogen-bond acceptors (Lipinski definition) is 7. The first-order valence-corrected chi connectivity index (χ1v) is 4.80. The molecule has 9 nitrogen and oxygen atoms in total. The summed E-state index contributed by atoms with van der Waals surface area (Å²) in [5.74, 6) is -2.11. The maximum absolute atomic E-state index is 11.9. The largest absolute Gasteiger partial charge is 0.480 e. The number of carboxylic acids is 1. The van der Waals surface area contributed by atoms with Crippen LogP contribution in [0.15, 0.2) is 4.63 Å². The van der Waals surface area contributed by atoms with E-state index in [-0.39, 0.29) is 24.5 Å². The summed E-state index contributed by atoms with van der Waals surface area (Å²) < 4.78 is 4.27. The summed E-state index contributed by atoms with van der Waals surface area (Å²) in [6, 6.07) is -1.09. The maximum atomic E-state index is 11.9. The Morgan fingerprint density at radius 3 is 2.71 bits per heavy atom. The number of carbonyl (C=O) groups excluding carboxylic acids is 1. The van der Waals surface area contributed by atoms with Gasteiger partial charge in [0.1, 0.15) is 6.04 Å². The zero-order chi connectivity index (χ0) is 12.6. The number of amides is 1. The van der Waals surface area contributed by atoms with Crippen LogP contribution >= 0.6 is 0 Å². The molecule has 2 rings (SSSR count). The number of anilines is 1. The molecule has 1 amide bonds. The number of nitrogen functional groups attached to an aromatic ring is 1. The zero-order valence-corrected chi connectivity index (χ0v) is 8.61. The summed E-state index contributed by atoms with van der Waals surface area (Å²) >= 11 is 0. The molecule has 1 aliphatic rings. The lowest BCUT2D eigenvalue weighted by Crippen LogP contribution is -2.41. The Morgan fingerprint density at radius 1 is 1.47 bits per heavy atom. The number of β-amino-alcohol motifs (C(OH)–C–C–N with tert-alkyl or cyclic N) is 1. The topological polar surface area (TPSA) is 143 Å². The molecule has 0 spiro atoms. The molecule has 0 radical (unpaired) electrons. The third-order valence-electron chi connectivity index (χ3n) is 2.54. The van der Waals surface area contributed by atoms with Crippen molar-refractivity contribution in [3.8, 4) is 0 Å². The molecule has 0 unspecified atom stereocenters. The van der Waals surface area contributed by atoms with Crippen LogP contribution in [-0.2, 0) is 4.79 Å². The van der Waals surface area contributed by atoms with Crippen LogP contribution in [-0.4, -0.2) is 56.0 Å². The molecule has 9 heteroatoms. The van der Waals surface area contributed by atoms with Gasteiger partial charge in [0.05, 0.1) is 6.10 Å². The highest BCUT2D eigenvalue weighted by Crippen LogP contribution is 2.21. The molecule has 1 saturated heterocycles.